The Morgan fingerprint density at radius 1 is 0.962 bits per heavy atom. The lowest BCUT2D eigenvalue weighted by Crippen LogP contribution is -2.33. The molecule has 1 atom stereocenters. The Balaban J connectivity index is 1.80. The second-order valence-corrected chi connectivity index (χ2v) is 7.00. The van der Waals surface area contributed by atoms with Gasteiger partial charge in [0, 0.05) is 12.1 Å². The molecule has 1 aliphatic heterocycles. The third kappa shape index (κ3) is 4.95. The second kappa shape index (κ2) is 9.54. The summed E-state index contributed by atoms with van der Waals surface area (Å²) >= 11 is 0. The van der Waals surface area contributed by atoms with Crippen LogP contribution in [0.5, 0.6) is 5.75 Å². The van der Waals surface area contributed by atoms with Crippen molar-refractivity contribution in [1.29, 1.82) is 0 Å². The van der Waals surface area contributed by atoms with E-state index in [-0.39, 0.29) is 11.7 Å². The molecular formula is C23H29NO2. The molecule has 0 aliphatic carbocycles. The Kier molecular flexibility index (Phi) is 6.84. The van der Waals surface area contributed by atoms with Crippen molar-refractivity contribution < 1.29 is 9.53 Å². The molecule has 1 saturated heterocycles. The molecule has 1 heterocycles. The lowest BCUT2D eigenvalue weighted by atomic mass is 9.90. The quantitative estimate of drug-likeness (QED) is 0.663. The zero-order valence-corrected chi connectivity index (χ0v) is 15.7. The Morgan fingerprint density at radius 2 is 1.62 bits per heavy atom. The highest BCUT2D eigenvalue weighted by atomic mass is 16.5. The molecular weight excluding hydrogens is 322 g/mol. The molecule has 2 aromatic rings. The number of rotatable bonds is 7. The minimum Gasteiger partial charge on any atom is -0.494 e. The average molecular weight is 351 g/mol. The molecule has 26 heavy (non-hydrogen) atoms. The summed E-state index contributed by atoms with van der Waals surface area (Å²) in [5.74, 6) is 0.892. The van der Waals surface area contributed by atoms with Crippen LogP contribution in [-0.4, -0.2) is 36.9 Å². The standard InChI is InChI=1S/C23H29NO2/c1-2-26-21-14-12-20(13-15-21)23(25)22(19-10-6-5-7-11-19)18-24-16-8-3-4-9-17-24/h5-7,10-15,22H,2-4,8-9,16-18H2,1H3/t22-/m1/s1. The van der Waals surface area contributed by atoms with Crippen molar-refractivity contribution in [2.45, 2.75) is 38.5 Å². The Labute approximate surface area is 157 Å². The van der Waals surface area contributed by atoms with Crippen LogP contribution in [0.3, 0.4) is 0 Å². The highest BCUT2D eigenvalue weighted by Gasteiger charge is 2.25. The molecule has 0 unspecified atom stereocenters. The minimum absolute atomic E-state index is 0.118. The molecule has 0 N–H and O–H groups in total. The van der Waals surface area contributed by atoms with Gasteiger partial charge in [-0.2, -0.15) is 0 Å². The molecule has 3 rings (SSSR count). The number of nitrogens with zero attached hydrogens (tertiary/aromatic N) is 1. The molecule has 0 aromatic heterocycles. The van der Waals surface area contributed by atoms with Gasteiger partial charge >= 0.3 is 0 Å². The van der Waals surface area contributed by atoms with E-state index >= 15 is 0 Å². The van der Waals surface area contributed by atoms with E-state index in [1.54, 1.807) is 0 Å². The summed E-state index contributed by atoms with van der Waals surface area (Å²) in [5, 5.41) is 0. The van der Waals surface area contributed by atoms with Crippen LogP contribution in [-0.2, 0) is 0 Å². The van der Waals surface area contributed by atoms with Crippen molar-refractivity contribution in [3.8, 4) is 5.75 Å². The van der Waals surface area contributed by atoms with E-state index in [4.69, 9.17) is 4.74 Å². The van der Waals surface area contributed by atoms with E-state index in [0.29, 0.717) is 6.61 Å². The van der Waals surface area contributed by atoms with Crippen molar-refractivity contribution in [3.63, 3.8) is 0 Å². The smallest absolute Gasteiger partial charge is 0.171 e. The van der Waals surface area contributed by atoms with Gasteiger partial charge in [-0.15, -0.1) is 0 Å². The summed E-state index contributed by atoms with van der Waals surface area (Å²) in [6.45, 7) is 5.59. The molecule has 0 saturated carbocycles. The van der Waals surface area contributed by atoms with Crippen LogP contribution in [0.2, 0.25) is 0 Å². The number of carbonyl (C=O) groups is 1. The highest BCUT2D eigenvalue weighted by molar-refractivity contribution is 6.01. The van der Waals surface area contributed by atoms with E-state index in [1.165, 1.54) is 25.7 Å². The maximum atomic E-state index is 13.3. The Bertz CT molecular complexity index is 673. The first-order chi connectivity index (χ1) is 12.8. The molecule has 138 valence electrons. The van der Waals surface area contributed by atoms with E-state index in [1.807, 2.05) is 49.4 Å². The van der Waals surface area contributed by atoms with Crippen LogP contribution < -0.4 is 4.74 Å². The summed E-state index contributed by atoms with van der Waals surface area (Å²) in [7, 11) is 0. The first kappa shape index (κ1) is 18.7. The third-order valence-electron chi connectivity index (χ3n) is 5.11. The van der Waals surface area contributed by atoms with Crippen molar-refractivity contribution >= 4 is 5.78 Å². The topological polar surface area (TPSA) is 29.5 Å². The molecule has 3 heteroatoms. The minimum atomic E-state index is -0.118. The van der Waals surface area contributed by atoms with Gasteiger partial charge < -0.3 is 9.64 Å². The van der Waals surface area contributed by atoms with E-state index in [0.717, 1.165) is 36.5 Å². The predicted molar refractivity (Wildman–Crippen MR) is 106 cm³/mol. The van der Waals surface area contributed by atoms with Gasteiger partial charge in [0.15, 0.2) is 5.78 Å². The Morgan fingerprint density at radius 3 is 2.23 bits per heavy atom. The number of hydrogen-bond acceptors (Lipinski definition) is 3. The molecule has 0 bridgehead atoms. The van der Waals surface area contributed by atoms with Gasteiger partial charge in [0.05, 0.1) is 12.5 Å². The van der Waals surface area contributed by atoms with Crippen molar-refractivity contribution in [2.24, 2.45) is 0 Å². The first-order valence-electron chi connectivity index (χ1n) is 9.82. The number of benzene rings is 2. The number of ketones is 1. The SMILES string of the molecule is CCOc1ccc(C(=O)[C@H](CN2CCCCCC2)c2ccccc2)cc1. The van der Waals surface area contributed by atoms with Gasteiger partial charge in [-0.05, 0) is 62.7 Å². The van der Waals surface area contributed by atoms with Gasteiger partial charge in [-0.1, -0.05) is 43.2 Å². The van der Waals surface area contributed by atoms with Crippen molar-refractivity contribution in [3.05, 3.63) is 65.7 Å². The number of Topliss-reactive ketones (excluding diaryl/α,β-unsaturated/α-hetero) is 1. The number of likely N-dealkylation sites (tertiary alicyclic amines) is 1. The van der Waals surface area contributed by atoms with Crippen LogP contribution >= 0.6 is 0 Å². The number of carbonyl (C=O) groups excluding carboxylic acids is 1. The lowest BCUT2D eigenvalue weighted by molar-refractivity contribution is 0.0934. The average Bonchev–Trinajstić information content (AvgIpc) is 2.96. The maximum absolute atomic E-state index is 13.3. The zero-order valence-electron chi connectivity index (χ0n) is 15.7. The van der Waals surface area contributed by atoms with Crippen molar-refractivity contribution in [2.75, 3.05) is 26.2 Å². The van der Waals surface area contributed by atoms with Gasteiger partial charge in [0.1, 0.15) is 5.75 Å². The molecule has 0 radical (unpaired) electrons. The fourth-order valence-electron chi connectivity index (χ4n) is 3.69. The second-order valence-electron chi connectivity index (χ2n) is 7.00. The third-order valence-corrected chi connectivity index (χ3v) is 5.11. The molecule has 1 fully saturated rings. The van der Waals surface area contributed by atoms with Crippen LogP contribution in [0, 0.1) is 0 Å². The summed E-state index contributed by atoms with van der Waals surface area (Å²) in [5.41, 5.74) is 1.87. The number of hydrogen-bond donors (Lipinski definition) is 0. The van der Waals surface area contributed by atoms with Gasteiger partial charge in [-0.25, -0.2) is 0 Å². The van der Waals surface area contributed by atoms with Gasteiger partial charge in [-0.3, -0.25) is 4.79 Å². The lowest BCUT2D eigenvalue weighted by Gasteiger charge is -2.26. The first-order valence-corrected chi connectivity index (χ1v) is 9.82. The zero-order chi connectivity index (χ0) is 18.2. The Hall–Kier alpha value is -2.13. The van der Waals surface area contributed by atoms with E-state index in [2.05, 4.69) is 17.0 Å². The fourth-order valence-corrected chi connectivity index (χ4v) is 3.69. The van der Waals surface area contributed by atoms with Crippen LogP contribution in [0.4, 0.5) is 0 Å². The van der Waals surface area contributed by atoms with Crippen LogP contribution in [0.25, 0.3) is 0 Å². The van der Waals surface area contributed by atoms with Crippen molar-refractivity contribution in [1.82, 2.24) is 4.90 Å². The molecule has 0 amide bonds. The fraction of sp³-hybridized carbons (Fsp3) is 0.435. The predicted octanol–water partition coefficient (Wildman–Crippen LogP) is 4.93. The summed E-state index contributed by atoms with van der Waals surface area (Å²) in [6, 6.07) is 17.8. The highest BCUT2D eigenvalue weighted by Crippen LogP contribution is 2.25. The summed E-state index contributed by atoms with van der Waals surface area (Å²) < 4.78 is 5.50. The van der Waals surface area contributed by atoms with Crippen LogP contribution in [0.15, 0.2) is 54.6 Å². The molecule has 1 aliphatic rings. The molecule has 2 aromatic carbocycles. The molecule has 3 nitrogen and oxygen atoms in total. The van der Waals surface area contributed by atoms with Gasteiger partial charge in [0.25, 0.3) is 0 Å². The maximum Gasteiger partial charge on any atom is 0.171 e. The largest absolute Gasteiger partial charge is 0.494 e. The summed E-state index contributed by atoms with van der Waals surface area (Å²) in [4.78, 5) is 15.8. The molecule has 0 spiro atoms. The van der Waals surface area contributed by atoms with Crippen LogP contribution in [0.1, 0.15) is 54.4 Å². The van der Waals surface area contributed by atoms with E-state index in [9.17, 15) is 4.79 Å². The summed E-state index contributed by atoms with van der Waals surface area (Å²) in [6.07, 6.45) is 5.08. The van der Waals surface area contributed by atoms with Gasteiger partial charge in [0.2, 0.25) is 0 Å². The normalized spacial score (nSPS) is 16.7. The monoisotopic (exact) mass is 351 g/mol. The van der Waals surface area contributed by atoms with E-state index < -0.39 is 0 Å². The number of ether oxygens (including phenoxy) is 1.